The van der Waals surface area contributed by atoms with E-state index in [1.54, 1.807) is 0 Å². The van der Waals surface area contributed by atoms with Crippen LogP contribution in [-0.2, 0) is 18.3 Å². The standard InChI is InChI=1S/C15H21N7S/c1-6-9-10(8-16)12(19-18-11(9)7-2)23-14-21-20-13(22(14)17)15(3,4)5/h6-7,17H2,1-5H3. The Morgan fingerprint density at radius 3 is 2.30 bits per heavy atom. The van der Waals surface area contributed by atoms with E-state index < -0.39 is 0 Å². The summed E-state index contributed by atoms with van der Waals surface area (Å²) < 4.78 is 1.45. The van der Waals surface area contributed by atoms with E-state index >= 15 is 0 Å². The van der Waals surface area contributed by atoms with E-state index in [9.17, 15) is 5.26 Å². The zero-order valence-electron chi connectivity index (χ0n) is 14.1. The minimum atomic E-state index is -0.217. The summed E-state index contributed by atoms with van der Waals surface area (Å²) in [6.07, 6.45) is 1.48. The Labute approximate surface area is 140 Å². The molecule has 2 heterocycles. The molecule has 0 bridgehead atoms. The van der Waals surface area contributed by atoms with Crippen LogP contribution in [0.2, 0.25) is 0 Å². The molecular formula is C15H21N7S. The molecule has 2 aromatic rings. The van der Waals surface area contributed by atoms with Crippen LogP contribution in [0.1, 0.15) is 57.3 Å². The lowest BCUT2D eigenvalue weighted by atomic mass is 9.96. The van der Waals surface area contributed by atoms with Crippen LogP contribution in [-0.4, -0.2) is 25.1 Å². The number of aryl methyl sites for hydroxylation is 1. The lowest BCUT2D eigenvalue weighted by Gasteiger charge is -2.16. The number of rotatable bonds is 4. The Hall–Kier alpha value is -2.14. The van der Waals surface area contributed by atoms with Crippen LogP contribution in [0.15, 0.2) is 10.2 Å². The van der Waals surface area contributed by atoms with E-state index in [0.717, 1.165) is 24.1 Å². The van der Waals surface area contributed by atoms with Crippen molar-refractivity contribution in [3.63, 3.8) is 0 Å². The summed E-state index contributed by atoms with van der Waals surface area (Å²) in [5, 5.41) is 27.2. The molecule has 0 amide bonds. The monoisotopic (exact) mass is 331 g/mol. The molecule has 122 valence electrons. The van der Waals surface area contributed by atoms with E-state index in [-0.39, 0.29) is 5.41 Å². The summed E-state index contributed by atoms with van der Waals surface area (Å²) in [7, 11) is 0. The first kappa shape index (κ1) is 17.2. The molecule has 0 saturated heterocycles. The summed E-state index contributed by atoms with van der Waals surface area (Å²) in [5.41, 5.74) is 2.12. The summed E-state index contributed by atoms with van der Waals surface area (Å²) in [6.45, 7) is 10.1. The van der Waals surface area contributed by atoms with E-state index in [1.807, 2.05) is 34.6 Å². The van der Waals surface area contributed by atoms with E-state index in [4.69, 9.17) is 5.84 Å². The second-order valence-corrected chi connectivity index (χ2v) is 7.11. The lowest BCUT2D eigenvalue weighted by Crippen LogP contribution is -2.24. The third-order valence-electron chi connectivity index (χ3n) is 3.45. The fourth-order valence-corrected chi connectivity index (χ4v) is 3.08. The molecular weight excluding hydrogens is 310 g/mol. The molecule has 8 heteroatoms. The van der Waals surface area contributed by atoms with Crippen LogP contribution in [0, 0.1) is 11.3 Å². The second kappa shape index (κ2) is 6.54. The highest BCUT2D eigenvalue weighted by molar-refractivity contribution is 7.99. The van der Waals surface area contributed by atoms with Gasteiger partial charge in [-0.2, -0.15) is 10.4 Å². The molecule has 7 nitrogen and oxygen atoms in total. The van der Waals surface area contributed by atoms with Gasteiger partial charge in [0.15, 0.2) is 5.82 Å². The first-order valence-corrected chi connectivity index (χ1v) is 8.32. The highest BCUT2D eigenvalue weighted by atomic mass is 32.2. The van der Waals surface area contributed by atoms with E-state index in [1.165, 1.54) is 16.4 Å². The Morgan fingerprint density at radius 1 is 1.13 bits per heavy atom. The summed E-state index contributed by atoms with van der Waals surface area (Å²) in [5.74, 6) is 6.77. The maximum absolute atomic E-state index is 9.53. The fourth-order valence-electron chi connectivity index (χ4n) is 2.29. The van der Waals surface area contributed by atoms with Gasteiger partial charge < -0.3 is 5.84 Å². The lowest BCUT2D eigenvalue weighted by molar-refractivity contribution is 0.523. The van der Waals surface area contributed by atoms with Crippen molar-refractivity contribution in [2.45, 2.75) is 63.1 Å². The predicted molar refractivity (Wildman–Crippen MR) is 88.5 cm³/mol. The van der Waals surface area contributed by atoms with Crippen LogP contribution in [0.5, 0.6) is 0 Å². The number of nitrogens with two attached hydrogens (primary N) is 1. The van der Waals surface area contributed by atoms with Gasteiger partial charge in [0.05, 0.1) is 11.3 Å². The first-order chi connectivity index (χ1) is 10.8. The Bertz CT molecular complexity index is 752. The van der Waals surface area contributed by atoms with Gasteiger partial charge in [0, 0.05) is 5.41 Å². The normalized spacial score (nSPS) is 11.5. The number of nitrogen functional groups attached to an aromatic ring is 1. The molecule has 23 heavy (non-hydrogen) atoms. The Balaban J connectivity index is 2.46. The third-order valence-corrected chi connectivity index (χ3v) is 4.39. The van der Waals surface area contributed by atoms with Crippen molar-refractivity contribution in [2.75, 3.05) is 5.84 Å². The molecule has 0 aliphatic carbocycles. The van der Waals surface area contributed by atoms with Crippen molar-refractivity contribution in [2.24, 2.45) is 0 Å². The zero-order valence-corrected chi connectivity index (χ0v) is 14.9. The zero-order chi connectivity index (χ0) is 17.2. The van der Waals surface area contributed by atoms with Crippen LogP contribution in [0.25, 0.3) is 0 Å². The van der Waals surface area contributed by atoms with Gasteiger partial charge in [-0.1, -0.05) is 34.6 Å². The third kappa shape index (κ3) is 3.29. The fraction of sp³-hybridized carbons (Fsp3) is 0.533. The highest BCUT2D eigenvalue weighted by Gasteiger charge is 2.24. The van der Waals surface area contributed by atoms with Gasteiger partial charge >= 0.3 is 0 Å². The quantitative estimate of drug-likeness (QED) is 0.856. The maximum Gasteiger partial charge on any atom is 0.216 e. The molecule has 0 aromatic carbocycles. The number of aromatic nitrogens is 5. The minimum Gasteiger partial charge on any atom is -0.336 e. The van der Waals surface area contributed by atoms with Crippen molar-refractivity contribution in [1.29, 1.82) is 5.26 Å². The molecule has 2 aromatic heterocycles. The van der Waals surface area contributed by atoms with Crippen LogP contribution < -0.4 is 5.84 Å². The van der Waals surface area contributed by atoms with Gasteiger partial charge in [-0.05, 0) is 30.2 Å². The van der Waals surface area contributed by atoms with Crippen molar-refractivity contribution in [3.05, 3.63) is 22.6 Å². The van der Waals surface area contributed by atoms with Crippen LogP contribution in [0.3, 0.4) is 0 Å². The highest BCUT2D eigenvalue weighted by Crippen LogP contribution is 2.31. The molecule has 0 fully saturated rings. The molecule has 0 atom stereocenters. The topological polar surface area (TPSA) is 106 Å². The Kier molecular flexibility index (Phi) is 4.90. The van der Waals surface area contributed by atoms with Crippen LogP contribution >= 0.6 is 11.8 Å². The molecule has 0 aliphatic rings. The van der Waals surface area contributed by atoms with Crippen LogP contribution in [0.4, 0.5) is 0 Å². The number of hydrogen-bond donors (Lipinski definition) is 1. The predicted octanol–water partition coefficient (Wildman–Crippen LogP) is 2.23. The molecule has 2 rings (SSSR count). The number of hydrogen-bond acceptors (Lipinski definition) is 7. The Morgan fingerprint density at radius 2 is 1.83 bits per heavy atom. The minimum absolute atomic E-state index is 0.217. The second-order valence-electron chi connectivity index (χ2n) is 6.15. The van der Waals surface area contributed by atoms with Crippen molar-refractivity contribution >= 4 is 11.8 Å². The van der Waals surface area contributed by atoms with Gasteiger partial charge in [0.25, 0.3) is 0 Å². The first-order valence-electron chi connectivity index (χ1n) is 7.50. The molecule has 0 radical (unpaired) electrons. The molecule has 0 unspecified atom stereocenters. The van der Waals surface area contributed by atoms with E-state index in [0.29, 0.717) is 21.6 Å². The average molecular weight is 331 g/mol. The van der Waals surface area contributed by atoms with Crippen molar-refractivity contribution in [3.8, 4) is 6.07 Å². The van der Waals surface area contributed by atoms with Gasteiger partial charge in [-0.15, -0.1) is 15.3 Å². The maximum atomic E-state index is 9.53. The summed E-state index contributed by atoms with van der Waals surface area (Å²) in [4.78, 5) is 0. The molecule has 0 spiro atoms. The summed E-state index contributed by atoms with van der Waals surface area (Å²) in [6, 6.07) is 2.24. The average Bonchev–Trinajstić information content (AvgIpc) is 2.87. The van der Waals surface area contributed by atoms with Gasteiger partial charge in [0.1, 0.15) is 11.1 Å². The van der Waals surface area contributed by atoms with E-state index in [2.05, 4.69) is 26.5 Å². The smallest absolute Gasteiger partial charge is 0.216 e. The van der Waals surface area contributed by atoms with Gasteiger partial charge in [-0.3, -0.25) is 0 Å². The molecule has 0 aliphatic heterocycles. The van der Waals surface area contributed by atoms with Gasteiger partial charge in [-0.25, -0.2) is 4.68 Å². The molecule has 0 saturated carbocycles. The van der Waals surface area contributed by atoms with Crippen molar-refractivity contribution in [1.82, 2.24) is 25.1 Å². The molecule has 2 N–H and O–H groups in total. The van der Waals surface area contributed by atoms with Gasteiger partial charge in [0.2, 0.25) is 5.16 Å². The summed E-state index contributed by atoms with van der Waals surface area (Å²) >= 11 is 1.22. The van der Waals surface area contributed by atoms with Crippen molar-refractivity contribution < 1.29 is 0 Å². The SMILES string of the molecule is CCc1nnc(Sc2nnc(C(C)(C)C)n2N)c(C#N)c1CC. The number of nitrogens with zero attached hydrogens (tertiary/aromatic N) is 6. The largest absolute Gasteiger partial charge is 0.336 e. The number of nitriles is 1.